The van der Waals surface area contributed by atoms with E-state index in [4.69, 9.17) is 11.6 Å². The monoisotopic (exact) mass is 471 g/mol. The standard InChI is InChI=1S/C16H14ClF4N3O3S2/c1-24-12(15(25)22-8-2-3-10(18)9(17)6-8)7-11(23-29(24,26)27)13-4-5-14(28-13)16(19,20)21/h2-6,11-12,23H,7H2,1H3,(H,22,25)/t11-,12+/m0/s1. The summed E-state index contributed by atoms with van der Waals surface area (Å²) in [4.78, 5) is 11.9. The van der Waals surface area contributed by atoms with E-state index in [0.29, 0.717) is 11.3 Å². The molecule has 0 unspecified atom stereocenters. The van der Waals surface area contributed by atoms with Crippen molar-refractivity contribution in [2.75, 3.05) is 12.4 Å². The van der Waals surface area contributed by atoms with Gasteiger partial charge < -0.3 is 5.32 Å². The maximum Gasteiger partial charge on any atom is 0.425 e. The van der Waals surface area contributed by atoms with Crippen molar-refractivity contribution in [1.82, 2.24) is 9.03 Å². The molecule has 13 heteroatoms. The van der Waals surface area contributed by atoms with Crippen LogP contribution in [0, 0.1) is 5.82 Å². The van der Waals surface area contributed by atoms with Gasteiger partial charge in [-0.05, 0) is 36.8 Å². The molecule has 1 aromatic heterocycles. The van der Waals surface area contributed by atoms with Crippen LogP contribution in [0.2, 0.25) is 5.02 Å². The van der Waals surface area contributed by atoms with Gasteiger partial charge in [0.1, 0.15) is 16.7 Å². The number of nitrogens with zero attached hydrogens (tertiary/aromatic N) is 1. The van der Waals surface area contributed by atoms with E-state index in [-0.39, 0.29) is 22.0 Å². The average Bonchev–Trinajstić information content (AvgIpc) is 3.11. The van der Waals surface area contributed by atoms with Crippen LogP contribution in [0.1, 0.15) is 22.2 Å². The zero-order chi connectivity index (χ0) is 21.6. The highest BCUT2D eigenvalue weighted by Gasteiger charge is 2.42. The number of likely N-dealkylation sites (N-methyl/N-ethyl adjacent to an activating group) is 1. The van der Waals surface area contributed by atoms with Gasteiger partial charge in [-0.3, -0.25) is 4.79 Å². The SMILES string of the molecule is CN1[C@@H](C(=O)Nc2ccc(F)c(Cl)c2)C[C@@H](c2ccc(C(F)(F)F)s2)NS1(=O)=O. The topological polar surface area (TPSA) is 78.5 Å². The summed E-state index contributed by atoms with van der Waals surface area (Å²) < 4.78 is 79.7. The lowest BCUT2D eigenvalue weighted by Gasteiger charge is -2.35. The number of anilines is 1. The number of amides is 1. The summed E-state index contributed by atoms with van der Waals surface area (Å²) in [5, 5.41) is 2.22. The van der Waals surface area contributed by atoms with Gasteiger partial charge in [-0.25, -0.2) is 4.39 Å². The first kappa shape index (κ1) is 22.0. The molecule has 0 bridgehead atoms. The van der Waals surface area contributed by atoms with Gasteiger partial charge in [0.25, 0.3) is 10.2 Å². The van der Waals surface area contributed by atoms with Crippen molar-refractivity contribution in [3.05, 3.63) is 50.9 Å². The minimum atomic E-state index is -4.55. The van der Waals surface area contributed by atoms with Crippen LogP contribution in [0.25, 0.3) is 0 Å². The average molecular weight is 472 g/mol. The number of carbonyl (C=O) groups excluding carboxylic acids is 1. The van der Waals surface area contributed by atoms with Gasteiger partial charge in [0, 0.05) is 17.6 Å². The smallest absolute Gasteiger partial charge is 0.325 e. The zero-order valence-electron chi connectivity index (χ0n) is 14.6. The molecule has 2 N–H and O–H groups in total. The van der Waals surface area contributed by atoms with Crippen LogP contribution in [0.4, 0.5) is 23.2 Å². The highest BCUT2D eigenvalue weighted by atomic mass is 35.5. The molecule has 1 aromatic carbocycles. The summed E-state index contributed by atoms with van der Waals surface area (Å²) in [7, 11) is -2.95. The fourth-order valence-corrected chi connectivity index (χ4v) is 5.25. The van der Waals surface area contributed by atoms with Gasteiger partial charge in [0.2, 0.25) is 5.91 Å². The Balaban J connectivity index is 1.84. The molecule has 0 aliphatic carbocycles. The Morgan fingerprint density at radius 1 is 1.31 bits per heavy atom. The van der Waals surface area contributed by atoms with Crippen molar-refractivity contribution in [3.8, 4) is 0 Å². The first-order valence-electron chi connectivity index (χ1n) is 8.06. The maximum atomic E-state index is 13.3. The summed E-state index contributed by atoms with van der Waals surface area (Å²) >= 11 is 6.07. The number of carbonyl (C=O) groups is 1. The Hall–Kier alpha value is -1.73. The van der Waals surface area contributed by atoms with Crippen molar-refractivity contribution in [2.45, 2.75) is 24.7 Å². The number of thiophene rings is 1. The van der Waals surface area contributed by atoms with Gasteiger partial charge >= 0.3 is 6.18 Å². The molecule has 3 rings (SSSR count). The summed E-state index contributed by atoms with van der Waals surface area (Å²) in [5.41, 5.74) is 0.151. The van der Waals surface area contributed by atoms with E-state index >= 15 is 0 Å². The molecule has 6 nitrogen and oxygen atoms in total. The third kappa shape index (κ3) is 4.72. The second kappa shape index (κ2) is 7.84. The predicted octanol–water partition coefficient (Wildman–Crippen LogP) is 3.78. The molecule has 2 aromatic rings. The second-order valence-electron chi connectivity index (χ2n) is 6.26. The number of alkyl halides is 3. The summed E-state index contributed by atoms with van der Waals surface area (Å²) in [6, 6.07) is 3.28. The second-order valence-corrected chi connectivity index (χ2v) is 9.55. The molecule has 0 saturated carbocycles. The molecule has 1 fully saturated rings. The Morgan fingerprint density at radius 3 is 2.59 bits per heavy atom. The third-order valence-electron chi connectivity index (χ3n) is 4.31. The van der Waals surface area contributed by atoms with E-state index in [0.717, 1.165) is 22.5 Å². The minimum Gasteiger partial charge on any atom is -0.325 e. The molecular weight excluding hydrogens is 458 g/mol. The first-order valence-corrected chi connectivity index (χ1v) is 10.7. The summed E-state index contributed by atoms with van der Waals surface area (Å²) in [6.45, 7) is 0. The van der Waals surface area contributed by atoms with Crippen LogP contribution in [-0.2, 0) is 21.2 Å². The van der Waals surface area contributed by atoms with Gasteiger partial charge in [-0.15, -0.1) is 11.3 Å². The number of benzene rings is 1. The van der Waals surface area contributed by atoms with Crippen LogP contribution >= 0.6 is 22.9 Å². The number of hydrogen-bond donors (Lipinski definition) is 2. The van der Waals surface area contributed by atoms with Crippen LogP contribution in [-0.4, -0.2) is 31.7 Å². The van der Waals surface area contributed by atoms with Crippen LogP contribution < -0.4 is 10.0 Å². The van der Waals surface area contributed by atoms with Crippen LogP contribution in [0.3, 0.4) is 0 Å². The van der Waals surface area contributed by atoms with Crippen LogP contribution in [0.15, 0.2) is 30.3 Å². The molecule has 1 saturated heterocycles. The van der Waals surface area contributed by atoms with E-state index < -0.39 is 45.1 Å². The number of rotatable bonds is 3. The largest absolute Gasteiger partial charge is 0.425 e. The Kier molecular flexibility index (Phi) is 5.94. The van der Waals surface area contributed by atoms with Crippen molar-refractivity contribution in [1.29, 1.82) is 0 Å². The summed E-state index contributed by atoms with van der Waals surface area (Å²) in [5.74, 6) is -1.41. The quantitative estimate of drug-likeness (QED) is 0.669. The molecule has 2 atom stereocenters. The zero-order valence-corrected chi connectivity index (χ0v) is 17.0. The predicted molar refractivity (Wildman–Crippen MR) is 100 cm³/mol. The number of hydrogen-bond acceptors (Lipinski definition) is 4. The summed E-state index contributed by atoms with van der Waals surface area (Å²) in [6.07, 6.45) is -4.65. The number of halogens is 5. The molecule has 2 heterocycles. The fourth-order valence-electron chi connectivity index (χ4n) is 2.79. The lowest BCUT2D eigenvalue weighted by atomic mass is 10.1. The van der Waals surface area contributed by atoms with Crippen molar-refractivity contribution in [3.63, 3.8) is 0 Å². The van der Waals surface area contributed by atoms with Gasteiger partial charge in [-0.2, -0.15) is 30.6 Å². The Labute approximate surface area is 172 Å². The van der Waals surface area contributed by atoms with Crippen molar-refractivity contribution < 1.29 is 30.8 Å². The molecule has 1 amide bonds. The van der Waals surface area contributed by atoms with E-state index in [1.54, 1.807) is 0 Å². The highest BCUT2D eigenvalue weighted by Crippen LogP contribution is 2.39. The van der Waals surface area contributed by atoms with E-state index in [2.05, 4.69) is 10.0 Å². The number of nitrogens with one attached hydrogen (secondary N) is 2. The van der Waals surface area contributed by atoms with Crippen molar-refractivity contribution >= 4 is 44.7 Å². The Bertz CT molecular complexity index is 1040. The molecule has 0 spiro atoms. The normalized spacial score (nSPS) is 22.4. The van der Waals surface area contributed by atoms with Crippen molar-refractivity contribution in [2.24, 2.45) is 0 Å². The maximum absolute atomic E-state index is 13.3. The Morgan fingerprint density at radius 2 is 2.00 bits per heavy atom. The van der Waals surface area contributed by atoms with Gasteiger partial charge in [-0.1, -0.05) is 11.6 Å². The molecule has 1 aliphatic rings. The molecular formula is C16H14ClF4N3O3S2. The van der Waals surface area contributed by atoms with Crippen LogP contribution in [0.5, 0.6) is 0 Å². The third-order valence-corrected chi connectivity index (χ3v) is 7.44. The van der Waals surface area contributed by atoms with Gasteiger partial charge in [0.15, 0.2) is 0 Å². The lowest BCUT2D eigenvalue weighted by Crippen LogP contribution is -2.55. The molecule has 158 valence electrons. The highest BCUT2D eigenvalue weighted by molar-refractivity contribution is 7.87. The molecule has 29 heavy (non-hydrogen) atoms. The minimum absolute atomic E-state index is 0.103. The molecule has 0 radical (unpaired) electrons. The van der Waals surface area contributed by atoms with E-state index in [1.807, 2.05) is 0 Å². The fraction of sp³-hybridized carbons (Fsp3) is 0.312. The lowest BCUT2D eigenvalue weighted by molar-refractivity contribution is -0.134. The first-order chi connectivity index (χ1) is 13.4. The van der Waals surface area contributed by atoms with E-state index in [1.165, 1.54) is 19.2 Å². The molecule has 1 aliphatic heterocycles. The van der Waals surface area contributed by atoms with E-state index in [9.17, 15) is 30.8 Å². The van der Waals surface area contributed by atoms with Gasteiger partial charge in [0.05, 0.1) is 11.1 Å².